The number of ether oxygens (including phenoxy) is 1. The minimum Gasteiger partial charge on any atom is -0.464 e. The highest BCUT2D eigenvalue weighted by Gasteiger charge is 2.31. The molecule has 2 aliphatic heterocycles. The van der Waals surface area contributed by atoms with Crippen LogP contribution in [0.1, 0.15) is 32.6 Å². The molecule has 0 saturated carbocycles. The van der Waals surface area contributed by atoms with Crippen LogP contribution in [0, 0.1) is 0 Å². The highest BCUT2D eigenvalue weighted by molar-refractivity contribution is 5.33. The van der Waals surface area contributed by atoms with Crippen molar-refractivity contribution in [3.63, 3.8) is 0 Å². The second-order valence-electron chi connectivity index (χ2n) is 5.43. The number of anilines is 2. The number of nitrogens with one attached hydrogen (secondary N) is 1. The van der Waals surface area contributed by atoms with Gasteiger partial charge in [-0.3, -0.25) is 0 Å². The number of hydrogen-bond acceptors (Lipinski definition) is 7. The maximum atomic E-state index is 5.69. The van der Waals surface area contributed by atoms with Crippen molar-refractivity contribution in [2.45, 2.75) is 44.7 Å². The SMILES string of the molecule is CCOc1nc(N)nc(NC2CCN3CCCC3C2)n1. The number of piperidine rings is 1. The van der Waals surface area contributed by atoms with E-state index in [1.165, 1.54) is 19.4 Å². The Morgan fingerprint density at radius 1 is 1.30 bits per heavy atom. The third kappa shape index (κ3) is 2.92. The maximum absolute atomic E-state index is 5.69. The van der Waals surface area contributed by atoms with Gasteiger partial charge in [0.05, 0.1) is 6.61 Å². The summed E-state index contributed by atoms with van der Waals surface area (Å²) in [5, 5.41) is 3.38. The third-order valence-corrected chi connectivity index (χ3v) is 4.06. The molecule has 2 unspecified atom stereocenters. The molecule has 0 amide bonds. The van der Waals surface area contributed by atoms with E-state index in [2.05, 4.69) is 25.2 Å². The molecule has 20 heavy (non-hydrogen) atoms. The molecule has 3 heterocycles. The van der Waals surface area contributed by atoms with Gasteiger partial charge >= 0.3 is 6.01 Å². The standard InChI is InChI=1S/C13H22N6O/c1-2-20-13-17-11(14)16-12(18-13)15-9-5-7-19-6-3-4-10(19)8-9/h9-10H,2-8H2,1H3,(H3,14,15,16,17,18). The summed E-state index contributed by atoms with van der Waals surface area (Å²) in [5.41, 5.74) is 5.69. The number of nitrogens with two attached hydrogens (primary N) is 1. The van der Waals surface area contributed by atoms with E-state index in [9.17, 15) is 0 Å². The zero-order valence-corrected chi connectivity index (χ0v) is 11.9. The Balaban J connectivity index is 1.65. The number of rotatable bonds is 4. The lowest BCUT2D eigenvalue weighted by atomic mass is 9.98. The number of aromatic nitrogens is 3. The molecule has 0 aliphatic carbocycles. The van der Waals surface area contributed by atoms with Crippen LogP contribution in [-0.2, 0) is 0 Å². The summed E-state index contributed by atoms with van der Waals surface area (Å²) in [6, 6.07) is 1.42. The quantitative estimate of drug-likeness (QED) is 0.845. The molecule has 2 aliphatic rings. The van der Waals surface area contributed by atoms with Crippen LogP contribution in [0.3, 0.4) is 0 Å². The Labute approximate surface area is 118 Å². The van der Waals surface area contributed by atoms with E-state index in [4.69, 9.17) is 10.5 Å². The maximum Gasteiger partial charge on any atom is 0.323 e. The molecule has 7 heteroatoms. The first kappa shape index (κ1) is 13.4. The number of nitrogens with zero attached hydrogens (tertiary/aromatic N) is 4. The van der Waals surface area contributed by atoms with E-state index >= 15 is 0 Å². The van der Waals surface area contributed by atoms with E-state index in [0.717, 1.165) is 19.4 Å². The molecule has 3 rings (SSSR count). The van der Waals surface area contributed by atoms with Gasteiger partial charge < -0.3 is 20.7 Å². The highest BCUT2D eigenvalue weighted by atomic mass is 16.5. The Kier molecular flexibility index (Phi) is 3.86. The van der Waals surface area contributed by atoms with Crippen LogP contribution in [0.15, 0.2) is 0 Å². The van der Waals surface area contributed by atoms with Crippen molar-refractivity contribution < 1.29 is 4.74 Å². The van der Waals surface area contributed by atoms with Gasteiger partial charge in [0.2, 0.25) is 11.9 Å². The summed E-state index contributed by atoms with van der Waals surface area (Å²) >= 11 is 0. The third-order valence-electron chi connectivity index (χ3n) is 4.06. The van der Waals surface area contributed by atoms with Gasteiger partial charge in [0.25, 0.3) is 0 Å². The average Bonchev–Trinajstić information content (AvgIpc) is 2.85. The first-order chi connectivity index (χ1) is 9.74. The second kappa shape index (κ2) is 5.78. The van der Waals surface area contributed by atoms with Gasteiger partial charge in [0.15, 0.2) is 0 Å². The van der Waals surface area contributed by atoms with E-state index < -0.39 is 0 Å². The highest BCUT2D eigenvalue weighted by Crippen LogP contribution is 2.28. The molecule has 0 aromatic carbocycles. The summed E-state index contributed by atoms with van der Waals surface area (Å²) in [5.74, 6) is 0.724. The van der Waals surface area contributed by atoms with Crippen LogP contribution in [0.2, 0.25) is 0 Å². The largest absolute Gasteiger partial charge is 0.464 e. The van der Waals surface area contributed by atoms with Crippen LogP contribution >= 0.6 is 0 Å². The lowest BCUT2D eigenvalue weighted by Crippen LogP contribution is -2.43. The van der Waals surface area contributed by atoms with E-state index in [0.29, 0.717) is 30.6 Å². The van der Waals surface area contributed by atoms with Crippen LogP contribution < -0.4 is 15.8 Å². The van der Waals surface area contributed by atoms with Crippen molar-refractivity contribution in [1.82, 2.24) is 19.9 Å². The Morgan fingerprint density at radius 2 is 2.20 bits per heavy atom. The van der Waals surface area contributed by atoms with Gasteiger partial charge in [-0.25, -0.2) is 0 Å². The van der Waals surface area contributed by atoms with Crippen LogP contribution in [0.4, 0.5) is 11.9 Å². The first-order valence-electron chi connectivity index (χ1n) is 7.39. The van der Waals surface area contributed by atoms with Crippen molar-refractivity contribution in [3.8, 4) is 6.01 Å². The molecule has 7 nitrogen and oxygen atoms in total. The Morgan fingerprint density at radius 3 is 3.05 bits per heavy atom. The normalized spacial score (nSPS) is 26.2. The molecule has 0 bridgehead atoms. The van der Waals surface area contributed by atoms with E-state index in [1.54, 1.807) is 0 Å². The summed E-state index contributed by atoms with van der Waals surface area (Å²) in [6.07, 6.45) is 4.90. The van der Waals surface area contributed by atoms with Gasteiger partial charge in [-0.15, -0.1) is 0 Å². The average molecular weight is 278 g/mol. The molecule has 0 spiro atoms. The van der Waals surface area contributed by atoms with Crippen molar-refractivity contribution in [2.75, 3.05) is 30.7 Å². The molecule has 110 valence electrons. The fourth-order valence-corrected chi connectivity index (χ4v) is 3.17. The Bertz CT molecular complexity index is 468. The van der Waals surface area contributed by atoms with Crippen LogP contribution in [0.25, 0.3) is 0 Å². The Hall–Kier alpha value is -1.63. The first-order valence-corrected chi connectivity index (χ1v) is 7.39. The number of hydrogen-bond donors (Lipinski definition) is 2. The minimum absolute atomic E-state index is 0.198. The zero-order chi connectivity index (χ0) is 13.9. The van der Waals surface area contributed by atoms with Crippen molar-refractivity contribution in [1.29, 1.82) is 0 Å². The molecular formula is C13H22N6O. The second-order valence-corrected chi connectivity index (χ2v) is 5.43. The molecule has 0 radical (unpaired) electrons. The summed E-state index contributed by atoms with van der Waals surface area (Å²) in [7, 11) is 0. The lowest BCUT2D eigenvalue weighted by molar-refractivity contribution is 0.187. The summed E-state index contributed by atoms with van der Waals surface area (Å²) < 4.78 is 5.30. The zero-order valence-electron chi connectivity index (χ0n) is 11.9. The van der Waals surface area contributed by atoms with Crippen molar-refractivity contribution in [3.05, 3.63) is 0 Å². The van der Waals surface area contributed by atoms with Gasteiger partial charge in [-0.05, 0) is 39.2 Å². The predicted molar refractivity (Wildman–Crippen MR) is 76.6 cm³/mol. The van der Waals surface area contributed by atoms with Crippen LogP contribution in [-0.4, -0.2) is 51.6 Å². The molecule has 1 aromatic rings. The number of fused-ring (bicyclic) bond motifs is 1. The summed E-state index contributed by atoms with van der Waals surface area (Å²) in [4.78, 5) is 14.9. The van der Waals surface area contributed by atoms with Gasteiger partial charge in [-0.2, -0.15) is 15.0 Å². The fourth-order valence-electron chi connectivity index (χ4n) is 3.17. The van der Waals surface area contributed by atoms with Gasteiger partial charge in [0, 0.05) is 18.6 Å². The topological polar surface area (TPSA) is 89.2 Å². The number of nitrogen functional groups attached to an aromatic ring is 1. The monoisotopic (exact) mass is 278 g/mol. The van der Waals surface area contributed by atoms with E-state index in [1.807, 2.05) is 6.92 Å². The lowest BCUT2D eigenvalue weighted by Gasteiger charge is -2.35. The molecule has 3 N–H and O–H groups in total. The van der Waals surface area contributed by atoms with Gasteiger partial charge in [-0.1, -0.05) is 0 Å². The minimum atomic E-state index is 0.198. The molecule has 1 aromatic heterocycles. The molecule has 2 saturated heterocycles. The molecule has 2 fully saturated rings. The van der Waals surface area contributed by atoms with E-state index in [-0.39, 0.29) is 5.95 Å². The molecule has 2 atom stereocenters. The van der Waals surface area contributed by atoms with Crippen molar-refractivity contribution in [2.24, 2.45) is 0 Å². The molecular weight excluding hydrogens is 256 g/mol. The summed E-state index contributed by atoms with van der Waals surface area (Å²) in [6.45, 7) is 4.82. The van der Waals surface area contributed by atoms with Gasteiger partial charge in [0.1, 0.15) is 0 Å². The predicted octanol–water partition coefficient (Wildman–Crippen LogP) is 0.891. The van der Waals surface area contributed by atoms with Crippen molar-refractivity contribution >= 4 is 11.9 Å². The smallest absolute Gasteiger partial charge is 0.323 e. The fraction of sp³-hybridized carbons (Fsp3) is 0.769. The van der Waals surface area contributed by atoms with Crippen LogP contribution in [0.5, 0.6) is 6.01 Å².